The minimum atomic E-state index is -0.267. The molecule has 0 spiro atoms. The lowest BCUT2D eigenvalue weighted by molar-refractivity contribution is -0.140. The summed E-state index contributed by atoms with van der Waals surface area (Å²) in [5, 5.41) is 18.6. The molecular weight excluding hydrogens is 268 g/mol. The number of nitriles is 1. The van der Waals surface area contributed by atoms with Crippen LogP contribution in [0.25, 0.3) is 0 Å². The monoisotopic (exact) mass is 282 g/mol. The molecule has 21 heavy (non-hydrogen) atoms. The fraction of sp³-hybridized carbons (Fsp3) is 0.312. The SMILES string of the molecule is N#Cc1ccc(C2C=NC3=C(CC2)C(=O)OCC3)cc1O. The van der Waals surface area contributed by atoms with Crippen LogP contribution in [0.3, 0.4) is 0 Å². The van der Waals surface area contributed by atoms with Gasteiger partial charge < -0.3 is 9.84 Å². The van der Waals surface area contributed by atoms with Gasteiger partial charge in [0.15, 0.2) is 0 Å². The Morgan fingerprint density at radius 2 is 2.24 bits per heavy atom. The molecule has 2 heterocycles. The van der Waals surface area contributed by atoms with Gasteiger partial charge in [-0.05, 0) is 30.5 Å². The number of hydrogen-bond acceptors (Lipinski definition) is 5. The number of hydrogen-bond donors (Lipinski definition) is 1. The highest BCUT2D eigenvalue weighted by Gasteiger charge is 2.25. The van der Waals surface area contributed by atoms with Crippen LogP contribution < -0.4 is 0 Å². The van der Waals surface area contributed by atoms with E-state index < -0.39 is 0 Å². The fourth-order valence-electron chi connectivity index (χ4n) is 2.67. The first-order valence-corrected chi connectivity index (χ1v) is 6.85. The lowest BCUT2D eigenvalue weighted by Gasteiger charge is -2.15. The molecule has 3 rings (SSSR count). The zero-order chi connectivity index (χ0) is 14.8. The lowest BCUT2D eigenvalue weighted by Crippen LogP contribution is -2.16. The second-order valence-electron chi connectivity index (χ2n) is 5.12. The Bertz CT molecular complexity index is 698. The molecule has 5 heteroatoms. The number of cyclic esters (lactones) is 1. The molecule has 1 aromatic carbocycles. The van der Waals surface area contributed by atoms with Gasteiger partial charge in [-0.15, -0.1) is 0 Å². The molecule has 106 valence electrons. The van der Waals surface area contributed by atoms with Gasteiger partial charge in [0.05, 0.1) is 23.4 Å². The summed E-state index contributed by atoms with van der Waals surface area (Å²) >= 11 is 0. The third-order valence-electron chi connectivity index (χ3n) is 3.85. The molecule has 0 radical (unpaired) electrons. The number of rotatable bonds is 1. The van der Waals surface area contributed by atoms with E-state index in [-0.39, 0.29) is 23.2 Å². The van der Waals surface area contributed by atoms with Crippen molar-refractivity contribution in [1.29, 1.82) is 5.26 Å². The van der Waals surface area contributed by atoms with Crippen molar-refractivity contribution in [2.75, 3.05) is 6.61 Å². The van der Waals surface area contributed by atoms with Crippen LogP contribution in [0.2, 0.25) is 0 Å². The summed E-state index contributed by atoms with van der Waals surface area (Å²) in [5.41, 5.74) is 2.62. The Kier molecular flexibility index (Phi) is 3.44. The first kappa shape index (κ1) is 13.4. The van der Waals surface area contributed by atoms with E-state index in [0.29, 0.717) is 25.0 Å². The molecule has 0 amide bonds. The topological polar surface area (TPSA) is 82.7 Å². The van der Waals surface area contributed by atoms with Gasteiger partial charge in [0.25, 0.3) is 0 Å². The predicted molar refractivity (Wildman–Crippen MR) is 75.9 cm³/mol. The minimum absolute atomic E-state index is 0.0158. The summed E-state index contributed by atoms with van der Waals surface area (Å²) in [5.74, 6) is -0.274. The average molecular weight is 282 g/mol. The Morgan fingerprint density at radius 1 is 1.38 bits per heavy atom. The van der Waals surface area contributed by atoms with Crippen molar-refractivity contribution in [2.24, 2.45) is 4.99 Å². The molecule has 5 nitrogen and oxygen atoms in total. The lowest BCUT2D eigenvalue weighted by atomic mass is 9.92. The maximum absolute atomic E-state index is 11.7. The number of aromatic hydroxyl groups is 1. The Morgan fingerprint density at radius 3 is 3.00 bits per heavy atom. The molecule has 1 aromatic rings. The molecule has 0 fully saturated rings. The van der Waals surface area contributed by atoms with Crippen LogP contribution in [0.5, 0.6) is 5.75 Å². The summed E-state index contributed by atoms with van der Waals surface area (Å²) in [6.45, 7) is 0.386. The number of phenols is 1. The van der Waals surface area contributed by atoms with Crippen molar-refractivity contribution < 1.29 is 14.6 Å². The Labute approximate surface area is 122 Å². The molecule has 0 aromatic heterocycles. The van der Waals surface area contributed by atoms with Crippen LogP contribution >= 0.6 is 0 Å². The van der Waals surface area contributed by atoms with E-state index in [2.05, 4.69) is 4.99 Å². The van der Waals surface area contributed by atoms with E-state index >= 15 is 0 Å². The van der Waals surface area contributed by atoms with E-state index in [1.807, 2.05) is 18.4 Å². The molecule has 0 saturated carbocycles. The highest BCUT2D eigenvalue weighted by molar-refractivity contribution is 5.91. The van der Waals surface area contributed by atoms with Gasteiger partial charge in [-0.25, -0.2) is 4.79 Å². The number of carbonyl (C=O) groups is 1. The number of esters is 1. The van der Waals surface area contributed by atoms with Crippen LogP contribution in [0.1, 0.15) is 36.3 Å². The van der Waals surface area contributed by atoms with Crippen molar-refractivity contribution in [3.05, 3.63) is 40.6 Å². The number of carbonyl (C=O) groups excluding carboxylic acids is 1. The van der Waals surface area contributed by atoms with Crippen molar-refractivity contribution in [3.8, 4) is 11.8 Å². The quantitative estimate of drug-likeness (QED) is 0.802. The largest absolute Gasteiger partial charge is 0.507 e. The molecular formula is C16H14N2O3. The van der Waals surface area contributed by atoms with Gasteiger partial charge in [-0.1, -0.05) is 6.07 Å². The summed E-state index contributed by atoms with van der Waals surface area (Å²) in [4.78, 5) is 16.2. The smallest absolute Gasteiger partial charge is 0.335 e. The number of ether oxygens (including phenoxy) is 1. The second-order valence-corrected chi connectivity index (χ2v) is 5.12. The van der Waals surface area contributed by atoms with Crippen LogP contribution in [-0.2, 0) is 9.53 Å². The number of phenolic OH excluding ortho intramolecular Hbond substituents is 1. The molecule has 0 saturated heterocycles. The highest BCUT2D eigenvalue weighted by atomic mass is 16.5. The van der Waals surface area contributed by atoms with Crippen molar-refractivity contribution >= 4 is 12.2 Å². The standard InChI is InChI=1S/C16H14N2O3/c17-8-11-2-1-10(7-15(11)19)12-3-4-13-14(18-9-12)5-6-21-16(13)20/h1-2,7,9,12,19H,3-6H2. The molecule has 0 aliphatic carbocycles. The number of aliphatic imine (C=N–C) groups is 1. The van der Waals surface area contributed by atoms with E-state index in [9.17, 15) is 9.90 Å². The molecule has 1 unspecified atom stereocenters. The minimum Gasteiger partial charge on any atom is -0.507 e. The highest BCUT2D eigenvalue weighted by Crippen LogP contribution is 2.32. The maximum atomic E-state index is 11.7. The van der Waals surface area contributed by atoms with Crippen molar-refractivity contribution in [3.63, 3.8) is 0 Å². The zero-order valence-electron chi connectivity index (χ0n) is 11.4. The zero-order valence-corrected chi connectivity index (χ0v) is 11.4. The normalized spacial score (nSPS) is 21.3. The summed E-state index contributed by atoms with van der Waals surface area (Å²) in [6, 6.07) is 6.95. The Hall–Kier alpha value is -2.61. The second kappa shape index (κ2) is 5.41. The molecule has 1 N–H and O–H groups in total. The van der Waals surface area contributed by atoms with Gasteiger partial charge in [0.1, 0.15) is 11.8 Å². The third kappa shape index (κ3) is 2.52. The number of nitrogens with zero attached hydrogens (tertiary/aromatic N) is 2. The number of benzene rings is 1. The first-order chi connectivity index (χ1) is 10.2. The molecule has 2 aliphatic heterocycles. The van der Waals surface area contributed by atoms with Crippen LogP contribution in [0, 0.1) is 11.3 Å². The van der Waals surface area contributed by atoms with Gasteiger partial charge in [-0.2, -0.15) is 5.26 Å². The van der Waals surface area contributed by atoms with Gasteiger partial charge in [0, 0.05) is 18.6 Å². The summed E-state index contributed by atoms with van der Waals surface area (Å²) < 4.78 is 5.05. The van der Waals surface area contributed by atoms with Crippen molar-refractivity contribution in [2.45, 2.75) is 25.2 Å². The van der Waals surface area contributed by atoms with E-state index in [0.717, 1.165) is 17.7 Å². The first-order valence-electron chi connectivity index (χ1n) is 6.85. The molecule has 0 bridgehead atoms. The van der Waals surface area contributed by atoms with Crippen LogP contribution in [-0.4, -0.2) is 23.9 Å². The van der Waals surface area contributed by atoms with E-state index in [1.54, 1.807) is 12.1 Å². The van der Waals surface area contributed by atoms with Gasteiger partial charge >= 0.3 is 5.97 Å². The van der Waals surface area contributed by atoms with Crippen LogP contribution in [0.15, 0.2) is 34.5 Å². The van der Waals surface area contributed by atoms with E-state index in [1.165, 1.54) is 0 Å². The summed E-state index contributed by atoms with van der Waals surface area (Å²) in [6.07, 6.45) is 3.81. The van der Waals surface area contributed by atoms with Gasteiger partial charge in [-0.3, -0.25) is 4.99 Å². The third-order valence-corrected chi connectivity index (χ3v) is 3.85. The predicted octanol–water partition coefficient (Wildman–Crippen LogP) is 2.41. The molecule has 2 aliphatic rings. The van der Waals surface area contributed by atoms with Crippen LogP contribution in [0.4, 0.5) is 0 Å². The van der Waals surface area contributed by atoms with Crippen molar-refractivity contribution in [1.82, 2.24) is 0 Å². The fourth-order valence-corrected chi connectivity index (χ4v) is 2.67. The average Bonchev–Trinajstić information content (AvgIpc) is 2.71. The van der Waals surface area contributed by atoms with Gasteiger partial charge in [0.2, 0.25) is 0 Å². The molecule has 1 atom stereocenters. The summed E-state index contributed by atoms with van der Waals surface area (Å²) in [7, 11) is 0. The Balaban J connectivity index is 1.86. The van der Waals surface area contributed by atoms with E-state index in [4.69, 9.17) is 10.00 Å². The maximum Gasteiger partial charge on any atom is 0.335 e.